The fourth-order valence-electron chi connectivity index (χ4n) is 12.1. The van der Waals surface area contributed by atoms with Crippen molar-refractivity contribution in [3.8, 4) is 12.3 Å². The first kappa shape index (κ1) is 30.0. The van der Waals surface area contributed by atoms with E-state index in [2.05, 4.69) is 78.3 Å². The molecule has 40 heavy (non-hydrogen) atoms. The van der Waals surface area contributed by atoms with Crippen LogP contribution in [0.3, 0.4) is 0 Å². The maximum atomic E-state index is 5.72. The molecule has 0 spiro atoms. The molecule has 5 aliphatic rings. The molecule has 5 saturated carbocycles. The van der Waals surface area contributed by atoms with Gasteiger partial charge in [-0.05, 0) is 154 Å². The summed E-state index contributed by atoms with van der Waals surface area (Å²) in [6.07, 6.45) is 35.7. The Balaban J connectivity index is 1.39. The van der Waals surface area contributed by atoms with E-state index < -0.39 is 0 Å². The van der Waals surface area contributed by atoms with Crippen LogP contribution in [0.4, 0.5) is 0 Å². The molecule has 5 rings (SSSR count). The average Bonchev–Trinajstić information content (AvgIpc) is 3.73. The predicted octanol–water partition coefficient (Wildman–Crippen LogP) is 11.7. The van der Waals surface area contributed by atoms with Gasteiger partial charge in [-0.25, -0.2) is 0 Å². The van der Waals surface area contributed by atoms with Crippen molar-refractivity contribution < 1.29 is 0 Å². The third-order valence-corrected chi connectivity index (χ3v) is 14.1. The summed E-state index contributed by atoms with van der Waals surface area (Å²) in [5.41, 5.74) is 6.14. The normalized spacial score (nSPS) is 43.6. The van der Waals surface area contributed by atoms with Gasteiger partial charge in [0.25, 0.3) is 0 Å². The molecule has 8 atom stereocenters. The van der Waals surface area contributed by atoms with Crippen molar-refractivity contribution in [3.63, 3.8) is 0 Å². The molecular weight excluding hydrogens is 480 g/mol. The Morgan fingerprint density at radius 2 is 1.68 bits per heavy atom. The molecule has 0 heterocycles. The zero-order valence-corrected chi connectivity index (χ0v) is 27.1. The molecule has 5 aliphatic carbocycles. The van der Waals surface area contributed by atoms with E-state index in [0.717, 1.165) is 48.0 Å². The molecule has 0 aliphatic heterocycles. The van der Waals surface area contributed by atoms with Crippen molar-refractivity contribution in [2.45, 2.75) is 138 Å². The van der Waals surface area contributed by atoms with Crippen LogP contribution in [0.25, 0.3) is 0 Å². The first-order chi connectivity index (χ1) is 19.2. The van der Waals surface area contributed by atoms with Gasteiger partial charge in [-0.2, -0.15) is 0 Å². The molecule has 0 radical (unpaired) electrons. The monoisotopic (exact) mass is 540 g/mol. The number of terminal acetylenes is 1. The van der Waals surface area contributed by atoms with Gasteiger partial charge in [-0.15, -0.1) is 6.42 Å². The van der Waals surface area contributed by atoms with Gasteiger partial charge in [0.2, 0.25) is 0 Å². The van der Waals surface area contributed by atoms with Crippen molar-refractivity contribution in [2.75, 3.05) is 0 Å². The zero-order chi connectivity index (χ0) is 28.8. The SMILES string of the molecule is C#CC(/C=C\C(=C)CC(=CC)[C@H]1CC[C@H]2C3CCC4(C)C[C@](C)(CC)CCC4(C4CC4)C3CC[C@]12CC)=C/CC. The second-order valence-electron chi connectivity index (χ2n) is 15.6. The summed E-state index contributed by atoms with van der Waals surface area (Å²) in [6.45, 7) is 19.3. The molecule has 0 N–H and O–H groups in total. The van der Waals surface area contributed by atoms with Crippen LogP contribution in [0, 0.1) is 63.6 Å². The van der Waals surface area contributed by atoms with Gasteiger partial charge < -0.3 is 0 Å². The Morgan fingerprint density at radius 3 is 2.30 bits per heavy atom. The predicted molar refractivity (Wildman–Crippen MR) is 174 cm³/mol. The molecule has 0 amide bonds. The summed E-state index contributed by atoms with van der Waals surface area (Å²) in [4.78, 5) is 0. The van der Waals surface area contributed by atoms with Gasteiger partial charge in [0.1, 0.15) is 0 Å². The molecule has 5 fully saturated rings. The van der Waals surface area contributed by atoms with E-state index >= 15 is 0 Å². The van der Waals surface area contributed by atoms with Crippen LogP contribution in [0.15, 0.2) is 47.6 Å². The summed E-state index contributed by atoms with van der Waals surface area (Å²) in [5.74, 6) is 7.48. The van der Waals surface area contributed by atoms with Gasteiger partial charge in [-0.1, -0.05) is 82.9 Å². The lowest BCUT2D eigenvalue weighted by atomic mass is 9.36. The minimum Gasteiger partial charge on any atom is -0.115 e. The number of rotatable bonds is 9. The molecule has 0 aromatic carbocycles. The molecule has 0 nitrogen and oxygen atoms in total. The number of allylic oxidation sites excluding steroid dienone is 7. The lowest BCUT2D eigenvalue weighted by molar-refractivity contribution is -0.195. The fraction of sp³-hybridized carbons (Fsp3) is 0.750. The standard InChI is InChI=1S/C40H60/c1-9-14-30(10-2)16-15-29(6)27-31(11-3)34-19-20-35-33-21-23-38(8)28-37(7,12-4)25-26-40(38,32-17-18-32)36(33)22-24-39(34,35)13-5/h2,11,14-16,32-36H,6,9,12-13,17-28H2,1,3-5,7-8H3/b16-15-,30-14-,31-11?/t33?,34-,35+,36?,37-,38?,39-,40?/m1/s1. The van der Waals surface area contributed by atoms with Gasteiger partial charge in [0.05, 0.1) is 0 Å². The average molecular weight is 541 g/mol. The number of fused-ring (bicyclic) bond motifs is 5. The molecule has 4 unspecified atom stereocenters. The van der Waals surface area contributed by atoms with E-state index in [4.69, 9.17) is 6.42 Å². The minimum absolute atomic E-state index is 0.504. The highest BCUT2D eigenvalue weighted by molar-refractivity contribution is 5.39. The Kier molecular flexibility index (Phi) is 8.48. The van der Waals surface area contributed by atoms with Crippen molar-refractivity contribution in [1.29, 1.82) is 0 Å². The maximum Gasteiger partial charge on any atom is 0.0202 e. The van der Waals surface area contributed by atoms with Crippen LogP contribution >= 0.6 is 0 Å². The van der Waals surface area contributed by atoms with Crippen LogP contribution in [-0.2, 0) is 0 Å². The Hall–Kier alpha value is -1.48. The van der Waals surface area contributed by atoms with E-state index in [-0.39, 0.29) is 0 Å². The van der Waals surface area contributed by atoms with Gasteiger partial charge in [0.15, 0.2) is 0 Å². The minimum atomic E-state index is 0.504. The number of hydrogen-bond acceptors (Lipinski definition) is 0. The smallest absolute Gasteiger partial charge is 0.0202 e. The fourth-order valence-corrected chi connectivity index (χ4v) is 12.1. The third kappa shape index (κ3) is 4.75. The number of hydrogen-bond donors (Lipinski definition) is 0. The van der Waals surface area contributed by atoms with E-state index in [9.17, 15) is 0 Å². The van der Waals surface area contributed by atoms with E-state index in [0.29, 0.717) is 21.7 Å². The topological polar surface area (TPSA) is 0 Å². The molecule has 220 valence electrons. The first-order valence-corrected chi connectivity index (χ1v) is 17.3. The van der Waals surface area contributed by atoms with E-state index in [1.807, 2.05) is 0 Å². The summed E-state index contributed by atoms with van der Waals surface area (Å²) >= 11 is 0. The van der Waals surface area contributed by atoms with Crippen LogP contribution in [0.5, 0.6) is 0 Å². The highest BCUT2D eigenvalue weighted by atomic mass is 14.7. The van der Waals surface area contributed by atoms with Gasteiger partial charge >= 0.3 is 0 Å². The van der Waals surface area contributed by atoms with E-state index in [1.54, 1.807) is 5.57 Å². The first-order valence-electron chi connectivity index (χ1n) is 17.3. The maximum absolute atomic E-state index is 5.72. The molecule has 0 aromatic heterocycles. The van der Waals surface area contributed by atoms with Crippen LogP contribution in [0.2, 0.25) is 0 Å². The molecular formula is C40H60. The van der Waals surface area contributed by atoms with Crippen molar-refractivity contribution in [2.24, 2.45) is 51.2 Å². The second kappa shape index (κ2) is 11.3. The van der Waals surface area contributed by atoms with Crippen molar-refractivity contribution in [1.82, 2.24) is 0 Å². The third-order valence-electron chi connectivity index (χ3n) is 14.1. The van der Waals surface area contributed by atoms with Crippen molar-refractivity contribution >= 4 is 0 Å². The van der Waals surface area contributed by atoms with Crippen LogP contribution < -0.4 is 0 Å². The van der Waals surface area contributed by atoms with Crippen LogP contribution in [0.1, 0.15) is 138 Å². The lowest BCUT2D eigenvalue weighted by Gasteiger charge is -2.68. The summed E-state index contributed by atoms with van der Waals surface area (Å²) in [5, 5.41) is 0. The Morgan fingerprint density at radius 1 is 0.900 bits per heavy atom. The quantitative estimate of drug-likeness (QED) is 0.155. The molecule has 0 heteroatoms. The van der Waals surface area contributed by atoms with Gasteiger partial charge in [0, 0.05) is 5.57 Å². The molecule has 0 bridgehead atoms. The Labute approximate surface area is 248 Å². The largest absolute Gasteiger partial charge is 0.115 e. The molecule has 0 aromatic rings. The van der Waals surface area contributed by atoms with E-state index in [1.165, 1.54) is 89.0 Å². The lowest BCUT2D eigenvalue weighted by Crippen LogP contribution is -2.61. The highest BCUT2D eigenvalue weighted by Gasteiger charge is 2.69. The molecule has 0 saturated heterocycles. The summed E-state index contributed by atoms with van der Waals surface area (Å²) in [7, 11) is 0. The highest BCUT2D eigenvalue weighted by Crippen LogP contribution is 2.77. The second-order valence-corrected chi connectivity index (χ2v) is 15.6. The summed E-state index contributed by atoms with van der Waals surface area (Å²) < 4.78 is 0. The Bertz CT molecular complexity index is 1090. The van der Waals surface area contributed by atoms with Crippen LogP contribution in [-0.4, -0.2) is 0 Å². The zero-order valence-electron chi connectivity index (χ0n) is 27.1. The van der Waals surface area contributed by atoms with Gasteiger partial charge in [-0.3, -0.25) is 0 Å². The van der Waals surface area contributed by atoms with Crippen molar-refractivity contribution in [3.05, 3.63) is 47.6 Å². The summed E-state index contributed by atoms with van der Waals surface area (Å²) in [6, 6.07) is 0.